The molecule has 134 valence electrons. The van der Waals surface area contributed by atoms with Crippen LogP contribution in [0.4, 0.5) is 5.00 Å². The highest BCUT2D eigenvalue weighted by atomic mass is 35.5. The number of carbonyl (C=O) groups is 1. The highest BCUT2D eigenvalue weighted by Gasteiger charge is 2.35. The fraction of sp³-hybridized carbons (Fsp3) is 0.444. The number of halogens is 1. The smallest absolute Gasteiger partial charge is 0.256 e. The lowest BCUT2D eigenvalue weighted by atomic mass is 9.74. The van der Waals surface area contributed by atoms with Crippen molar-refractivity contribution in [1.82, 2.24) is 9.69 Å². The Bertz CT molecular complexity index is 757. The van der Waals surface area contributed by atoms with Gasteiger partial charge in [-0.15, -0.1) is 0 Å². The SMILES string of the molecule is CNc1snc(C)c1C(=O)NCC1(c2cccc(Cl)c2)CCOCC1. The van der Waals surface area contributed by atoms with Crippen LogP contribution in [0.3, 0.4) is 0 Å². The Morgan fingerprint density at radius 1 is 1.40 bits per heavy atom. The first-order valence-electron chi connectivity index (χ1n) is 8.32. The molecule has 3 rings (SSSR count). The van der Waals surface area contributed by atoms with Crippen LogP contribution in [0.25, 0.3) is 0 Å². The molecule has 1 saturated heterocycles. The third kappa shape index (κ3) is 3.81. The normalized spacial score (nSPS) is 16.4. The molecule has 1 aliphatic heterocycles. The topological polar surface area (TPSA) is 63.2 Å². The van der Waals surface area contributed by atoms with Crippen molar-refractivity contribution in [3.05, 3.63) is 46.1 Å². The lowest BCUT2D eigenvalue weighted by molar-refractivity contribution is 0.0487. The molecule has 0 radical (unpaired) electrons. The largest absolute Gasteiger partial charge is 0.381 e. The van der Waals surface area contributed by atoms with Gasteiger partial charge in [-0.1, -0.05) is 23.7 Å². The number of benzene rings is 1. The van der Waals surface area contributed by atoms with Crippen LogP contribution >= 0.6 is 23.1 Å². The van der Waals surface area contributed by atoms with E-state index in [2.05, 4.69) is 21.1 Å². The number of aromatic nitrogens is 1. The summed E-state index contributed by atoms with van der Waals surface area (Å²) < 4.78 is 9.82. The van der Waals surface area contributed by atoms with Crippen LogP contribution in [-0.2, 0) is 10.2 Å². The number of anilines is 1. The molecule has 1 aromatic heterocycles. The van der Waals surface area contributed by atoms with Crippen LogP contribution < -0.4 is 10.6 Å². The Labute approximate surface area is 156 Å². The first-order chi connectivity index (χ1) is 12.1. The average Bonchev–Trinajstić information content (AvgIpc) is 3.01. The van der Waals surface area contributed by atoms with Gasteiger partial charge in [0.15, 0.2) is 0 Å². The van der Waals surface area contributed by atoms with E-state index in [1.807, 2.05) is 25.1 Å². The molecule has 5 nitrogen and oxygen atoms in total. The van der Waals surface area contributed by atoms with Crippen LogP contribution in [0.5, 0.6) is 0 Å². The predicted octanol–water partition coefficient (Wildman–Crippen LogP) is 3.62. The van der Waals surface area contributed by atoms with Crippen LogP contribution in [-0.4, -0.2) is 37.1 Å². The Morgan fingerprint density at radius 2 is 2.16 bits per heavy atom. The monoisotopic (exact) mass is 379 g/mol. The van der Waals surface area contributed by atoms with E-state index in [4.69, 9.17) is 16.3 Å². The van der Waals surface area contributed by atoms with E-state index < -0.39 is 0 Å². The fourth-order valence-corrected chi connectivity index (χ4v) is 4.23. The molecular weight excluding hydrogens is 358 g/mol. The molecule has 2 heterocycles. The molecule has 0 spiro atoms. The molecule has 1 aliphatic rings. The number of nitrogens with one attached hydrogen (secondary N) is 2. The number of amides is 1. The molecule has 25 heavy (non-hydrogen) atoms. The molecule has 0 unspecified atom stereocenters. The van der Waals surface area contributed by atoms with Gasteiger partial charge in [-0.05, 0) is 49.0 Å². The molecule has 0 saturated carbocycles. The Balaban J connectivity index is 1.82. The second-order valence-corrected chi connectivity index (χ2v) is 7.52. The summed E-state index contributed by atoms with van der Waals surface area (Å²) in [6, 6.07) is 7.91. The first kappa shape index (κ1) is 18.2. The van der Waals surface area contributed by atoms with Crippen molar-refractivity contribution >= 4 is 34.0 Å². The molecule has 1 fully saturated rings. The zero-order chi connectivity index (χ0) is 17.9. The molecule has 1 aromatic carbocycles. The van der Waals surface area contributed by atoms with Gasteiger partial charge in [-0.2, -0.15) is 4.37 Å². The Kier molecular flexibility index (Phi) is 5.61. The minimum absolute atomic E-state index is 0.0940. The minimum atomic E-state index is -0.157. The van der Waals surface area contributed by atoms with Crippen molar-refractivity contribution in [2.75, 3.05) is 32.1 Å². The quantitative estimate of drug-likeness (QED) is 0.832. The number of rotatable bonds is 5. The minimum Gasteiger partial charge on any atom is -0.381 e. The van der Waals surface area contributed by atoms with E-state index in [1.165, 1.54) is 11.5 Å². The summed E-state index contributed by atoms with van der Waals surface area (Å²) in [6.07, 6.45) is 1.71. The first-order valence-corrected chi connectivity index (χ1v) is 9.47. The van der Waals surface area contributed by atoms with Gasteiger partial charge in [0.1, 0.15) is 5.00 Å². The summed E-state index contributed by atoms with van der Waals surface area (Å²) in [5.74, 6) is -0.0940. The maximum atomic E-state index is 12.7. The van der Waals surface area contributed by atoms with E-state index in [1.54, 1.807) is 7.05 Å². The van der Waals surface area contributed by atoms with Crippen molar-refractivity contribution in [2.24, 2.45) is 0 Å². The number of ether oxygens (including phenoxy) is 1. The van der Waals surface area contributed by atoms with Crippen molar-refractivity contribution in [3.63, 3.8) is 0 Å². The fourth-order valence-electron chi connectivity index (χ4n) is 3.29. The van der Waals surface area contributed by atoms with Gasteiger partial charge in [-0.3, -0.25) is 4.79 Å². The van der Waals surface area contributed by atoms with Gasteiger partial charge in [-0.25, -0.2) is 0 Å². The van der Waals surface area contributed by atoms with E-state index in [9.17, 15) is 4.79 Å². The summed E-state index contributed by atoms with van der Waals surface area (Å²) >= 11 is 7.50. The third-order valence-corrected chi connectivity index (χ3v) is 5.98. The number of aryl methyl sites for hydroxylation is 1. The van der Waals surface area contributed by atoms with Crippen molar-refractivity contribution in [2.45, 2.75) is 25.2 Å². The molecule has 1 amide bonds. The molecule has 0 bridgehead atoms. The molecule has 2 N–H and O–H groups in total. The van der Waals surface area contributed by atoms with E-state index in [0.717, 1.165) is 29.1 Å². The van der Waals surface area contributed by atoms with Gasteiger partial charge in [0, 0.05) is 37.2 Å². The maximum absolute atomic E-state index is 12.7. The lowest BCUT2D eigenvalue weighted by Crippen LogP contribution is -2.44. The molecule has 2 aromatic rings. The number of hydrogen-bond donors (Lipinski definition) is 2. The van der Waals surface area contributed by atoms with Crippen LogP contribution in [0.15, 0.2) is 24.3 Å². The summed E-state index contributed by atoms with van der Waals surface area (Å²) in [5.41, 5.74) is 2.37. The molecule has 7 heteroatoms. The van der Waals surface area contributed by atoms with Gasteiger partial charge < -0.3 is 15.4 Å². The van der Waals surface area contributed by atoms with E-state index in [0.29, 0.717) is 30.3 Å². The average molecular weight is 380 g/mol. The summed E-state index contributed by atoms with van der Waals surface area (Å²) in [4.78, 5) is 12.7. The predicted molar refractivity (Wildman–Crippen MR) is 102 cm³/mol. The van der Waals surface area contributed by atoms with Crippen LogP contribution in [0, 0.1) is 6.92 Å². The van der Waals surface area contributed by atoms with Gasteiger partial charge in [0.2, 0.25) is 0 Å². The number of hydrogen-bond acceptors (Lipinski definition) is 5. The van der Waals surface area contributed by atoms with Gasteiger partial charge in [0.05, 0.1) is 11.3 Å². The molecule has 0 atom stereocenters. The summed E-state index contributed by atoms with van der Waals surface area (Å²) in [7, 11) is 1.80. The third-order valence-electron chi connectivity index (χ3n) is 4.79. The van der Waals surface area contributed by atoms with Crippen LogP contribution in [0.1, 0.15) is 34.5 Å². The van der Waals surface area contributed by atoms with Crippen molar-refractivity contribution in [3.8, 4) is 0 Å². The van der Waals surface area contributed by atoms with Gasteiger partial charge >= 0.3 is 0 Å². The second-order valence-electron chi connectivity index (χ2n) is 6.31. The van der Waals surface area contributed by atoms with Crippen molar-refractivity contribution in [1.29, 1.82) is 0 Å². The Morgan fingerprint density at radius 3 is 2.84 bits per heavy atom. The molecule has 0 aliphatic carbocycles. The Hall–Kier alpha value is -1.63. The standard InChI is InChI=1S/C18H22ClN3O2S/c1-12-15(17(20-2)25-22-12)16(23)21-11-18(6-8-24-9-7-18)13-4-3-5-14(19)10-13/h3-5,10,20H,6-9,11H2,1-2H3,(H,21,23). The maximum Gasteiger partial charge on any atom is 0.256 e. The number of carbonyl (C=O) groups excluding carboxylic acids is 1. The summed E-state index contributed by atoms with van der Waals surface area (Å²) in [5, 5.41) is 7.66. The van der Waals surface area contributed by atoms with Crippen molar-refractivity contribution < 1.29 is 9.53 Å². The zero-order valence-corrected chi connectivity index (χ0v) is 16.0. The van der Waals surface area contributed by atoms with E-state index in [-0.39, 0.29) is 11.3 Å². The highest BCUT2D eigenvalue weighted by Crippen LogP contribution is 2.35. The summed E-state index contributed by atoms with van der Waals surface area (Å²) in [6.45, 7) is 3.77. The highest BCUT2D eigenvalue weighted by molar-refractivity contribution is 7.10. The molecular formula is C18H22ClN3O2S. The number of nitrogens with zero attached hydrogens (tertiary/aromatic N) is 1. The zero-order valence-electron chi connectivity index (χ0n) is 14.4. The van der Waals surface area contributed by atoms with E-state index >= 15 is 0 Å². The van der Waals surface area contributed by atoms with Crippen LogP contribution in [0.2, 0.25) is 5.02 Å². The van der Waals surface area contributed by atoms with Gasteiger partial charge in [0.25, 0.3) is 5.91 Å². The lowest BCUT2D eigenvalue weighted by Gasteiger charge is -2.38. The second kappa shape index (κ2) is 7.72.